The lowest BCUT2D eigenvalue weighted by Gasteiger charge is -2.37. The largest absolute Gasteiger partial charge is 0.486 e. The Labute approximate surface area is 270 Å². The molecule has 10 heteroatoms. The number of ether oxygens (including phenoxy) is 2. The lowest BCUT2D eigenvalue weighted by molar-refractivity contribution is 0.171. The van der Waals surface area contributed by atoms with Crippen molar-refractivity contribution in [2.24, 2.45) is 0 Å². The second-order valence-electron chi connectivity index (χ2n) is 11.5. The van der Waals surface area contributed by atoms with E-state index in [-0.39, 0.29) is 12.4 Å². The van der Waals surface area contributed by atoms with E-state index in [9.17, 15) is 0 Å². The number of aromatic nitrogens is 4. The summed E-state index contributed by atoms with van der Waals surface area (Å²) in [4.78, 5) is 19.5. The minimum atomic E-state index is 0. The first-order valence-corrected chi connectivity index (χ1v) is 15.6. The molecule has 1 N–H and O–H groups in total. The summed E-state index contributed by atoms with van der Waals surface area (Å²) < 4.78 is 13.7. The fraction of sp³-hybridized carbons (Fsp3) is 0.343. The van der Waals surface area contributed by atoms with Gasteiger partial charge in [0, 0.05) is 50.0 Å². The highest BCUT2D eigenvalue weighted by Crippen LogP contribution is 2.36. The minimum absolute atomic E-state index is 0. The van der Waals surface area contributed by atoms with Crippen LogP contribution in [0.3, 0.4) is 0 Å². The van der Waals surface area contributed by atoms with Crippen molar-refractivity contribution in [1.82, 2.24) is 24.4 Å². The van der Waals surface area contributed by atoms with Crippen LogP contribution in [0.15, 0.2) is 73.1 Å². The van der Waals surface area contributed by atoms with Crippen LogP contribution in [-0.4, -0.2) is 76.9 Å². The van der Waals surface area contributed by atoms with E-state index in [0.29, 0.717) is 13.2 Å². The van der Waals surface area contributed by atoms with E-state index in [4.69, 9.17) is 14.5 Å². The molecule has 0 bridgehead atoms. The quantitative estimate of drug-likeness (QED) is 0.191. The monoisotopic (exact) mass is 625 g/mol. The molecular formula is C35H40ClN7O2. The molecule has 4 heterocycles. The summed E-state index contributed by atoms with van der Waals surface area (Å²) in [5.74, 6) is 3.05. The number of unbranched alkanes of at least 4 members (excludes halogenated alkanes) is 1. The highest BCUT2D eigenvalue weighted by molar-refractivity contribution is 5.88. The number of hydrogen-bond acceptors (Lipinski definition) is 8. The molecule has 0 radical (unpaired) electrons. The van der Waals surface area contributed by atoms with Gasteiger partial charge in [0.15, 0.2) is 28.5 Å². The first kappa shape index (κ1) is 30.7. The van der Waals surface area contributed by atoms with Gasteiger partial charge in [-0.2, -0.15) is 0 Å². The Morgan fingerprint density at radius 3 is 2.44 bits per heavy atom. The van der Waals surface area contributed by atoms with Gasteiger partial charge in [-0.1, -0.05) is 42.5 Å². The number of imidazole rings is 1. The summed E-state index contributed by atoms with van der Waals surface area (Å²) in [6, 6.07) is 22.8. The molecule has 5 aromatic rings. The third-order valence-electron chi connectivity index (χ3n) is 8.74. The molecule has 0 amide bonds. The van der Waals surface area contributed by atoms with Crippen molar-refractivity contribution < 1.29 is 9.47 Å². The number of anilines is 2. The van der Waals surface area contributed by atoms with Crippen LogP contribution in [0.1, 0.15) is 24.0 Å². The van der Waals surface area contributed by atoms with E-state index in [0.717, 1.165) is 97.7 Å². The van der Waals surface area contributed by atoms with Gasteiger partial charge < -0.3 is 19.7 Å². The predicted octanol–water partition coefficient (Wildman–Crippen LogP) is 6.31. The van der Waals surface area contributed by atoms with Crippen molar-refractivity contribution in [2.45, 2.75) is 26.7 Å². The molecule has 0 aliphatic carbocycles. The smallest absolute Gasteiger partial charge is 0.170 e. The Kier molecular flexibility index (Phi) is 9.37. The Bertz CT molecular complexity index is 1750. The molecule has 0 saturated carbocycles. The van der Waals surface area contributed by atoms with E-state index >= 15 is 0 Å². The molecule has 0 atom stereocenters. The highest BCUT2D eigenvalue weighted by atomic mass is 35.5. The predicted molar refractivity (Wildman–Crippen MR) is 183 cm³/mol. The summed E-state index contributed by atoms with van der Waals surface area (Å²) in [5.41, 5.74) is 7.57. The van der Waals surface area contributed by atoms with Gasteiger partial charge in [0.1, 0.15) is 25.4 Å². The van der Waals surface area contributed by atoms with E-state index in [1.54, 1.807) is 6.33 Å². The Balaban J connectivity index is 0.00000357. The van der Waals surface area contributed by atoms with Crippen molar-refractivity contribution in [3.8, 4) is 28.6 Å². The van der Waals surface area contributed by atoms with Crippen molar-refractivity contribution in [3.63, 3.8) is 0 Å². The molecule has 234 valence electrons. The van der Waals surface area contributed by atoms with Gasteiger partial charge in [-0.25, -0.2) is 15.0 Å². The molecule has 45 heavy (non-hydrogen) atoms. The molecular weight excluding hydrogens is 586 g/mol. The summed E-state index contributed by atoms with van der Waals surface area (Å²) in [6.45, 7) is 11.8. The maximum Gasteiger partial charge on any atom is 0.170 e. The zero-order chi connectivity index (χ0) is 29.9. The first-order chi connectivity index (χ1) is 21.7. The van der Waals surface area contributed by atoms with E-state index in [2.05, 4.69) is 73.8 Å². The van der Waals surface area contributed by atoms with Crippen molar-refractivity contribution in [1.29, 1.82) is 0 Å². The third kappa shape index (κ3) is 6.41. The van der Waals surface area contributed by atoms with Gasteiger partial charge in [0.2, 0.25) is 0 Å². The van der Waals surface area contributed by atoms with Crippen LogP contribution in [0.4, 0.5) is 11.5 Å². The molecule has 3 aromatic carbocycles. The van der Waals surface area contributed by atoms with E-state index in [1.165, 1.54) is 16.8 Å². The molecule has 2 aromatic heterocycles. The van der Waals surface area contributed by atoms with Crippen LogP contribution >= 0.6 is 12.4 Å². The van der Waals surface area contributed by atoms with Crippen molar-refractivity contribution in [3.05, 3.63) is 84.2 Å². The standard InChI is InChI=1S/C35H39N7O2.ClH/c1-25-9-8-12-29(26(25)2)41-19-17-40(18-20-41)16-7-6-15-36-33-32-35(38-24-37-33)42(34(39-32)27-10-4-3-5-11-27)28-13-14-30-31(23-28)44-22-21-43-30;/h3-5,8-14,23-24H,6-7,15-22H2,1-2H3,(H,36,37,38);1H. The number of aryl methyl sites for hydroxylation is 1. The summed E-state index contributed by atoms with van der Waals surface area (Å²) in [6.07, 6.45) is 3.80. The number of halogens is 1. The Morgan fingerprint density at radius 1 is 0.822 bits per heavy atom. The van der Waals surface area contributed by atoms with Crippen LogP contribution < -0.4 is 19.7 Å². The Hall–Kier alpha value is -4.34. The molecule has 2 aliphatic rings. The summed E-state index contributed by atoms with van der Waals surface area (Å²) in [5, 5.41) is 3.56. The van der Waals surface area contributed by atoms with E-state index < -0.39 is 0 Å². The number of nitrogens with zero attached hydrogens (tertiary/aromatic N) is 6. The van der Waals surface area contributed by atoms with E-state index in [1.807, 2.05) is 36.4 Å². The number of piperazine rings is 1. The van der Waals surface area contributed by atoms with Crippen molar-refractivity contribution in [2.75, 3.05) is 62.7 Å². The number of nitrogens with one attached hydrogen (secondary N) is 1. The number of hydrogen-bond donors (Lipinski definition) is 1. The van der Waals surface area contributed by atoms with Crippen LogP contribution in [-0.2, 0) is 0 Å². The SMILES string of the molecule is Cc1cccc(N2CCN(CCCCNc3ncnc4c3nc(-c3ccccc3)n4-c3ccc4c(c3)OCCO4)CC2)c1C.Cl. The van der Waals surface area contributed by atoms with Gasteiger partial charge >= 0.3 is 0 Å². The third-order valence-corrected chi connectivity index (χ3v) is 8.74. The average Bonchev–Trinajstić information content (AvgIpc) is 3.47. The maximum absolute atomic E-state index is 5.89. The van der Waals surface area contributed by atoms with Gasteiger partial charge in [-0.05, 0) is 62.6 Å². The minimum Gasteiger partial charge on any atom is -0.486 e. The molecule has 7 rings (SSSR count). The molecule has 1 saturated heterocycles. The van der Waals surface area contributed by atoms with Gasteiger partial charge in [0.05, 0.1) is 5.69 Å². The van der Waals surface area contributed by atoms with Crippen LogP contribution in [0.25, 0.3) is 28.2 Å². The van der Waals surface area contributed by atoms with Crippen LogP contribution in [0, 0.1) is 13.8 Å². The molecule has 9 nitrogen and oxygen atoms in total. The van der Waals surface area contributed by atoms with Gasteiger partial charge in [-0.3, -0.25) is 9.47 Å². The van der Waals surface area contributed by atoms with Crippen LogP contribution in [0.5, 0.6) is 11.5 Å². The number of fused-ring (bicyclic) bond motifs is 2. The number of rotatable bonds is 9. The zero-order valence-electron chi connectivity index (χ0n) is 25.9. The summed E-state index contributed by atoms with van der Waals surface area (Å²) in [7, 11) is 0. The first-order valence-electron chi connectivity index (χ1n) is 15.6. The normalized spacial score (nSPS) is 14.8. The van der Waals surface area contributed by atoms with Crippen molar-refractivity contribution >= 4 is 35.1 Å². The second-order valence-corrected chi connectivity index (χ2v) is 11.5. The molecule has 0 spiro atoms. The van der Waals surface area contributed by atoms with Gasteiger partial charge in [-0.15, -0.1) is 12.4 Å². The lowest BCUT2D eigenvalue weighted by Crippen LogP contribution is -2.46. The highest BCUT2D eigenvalue weighted by Gasteiger charge is 2.21. The Morgan fingerprint density at radius 2 is 1.62 bits per heavy atom. The zero-order valence-corrected chi connectivity index (χ0v) is 26.7. The second kappa shape index (κ2) is 13.7. The molecule has 2 aliphatic heterocycles. The molecule has 0 unspecified atom stereocenters. The summed E-state index contributed by atoms with van der Waals surface area (Å²) >= 11 is 0. The molecule has 1 fully saturated rings. The van der Waals surface area contributed by atoms with Gasteiger partial charge in [0.25, 0.3) is 0 Å². The number of benzene rings is 3. The fourth-order valence-electron chi connectivity index (χ4n) is 6.18. The topological polar surface area (TPSA) is 80.6 Å². The lowest BCUT2D eigenvalue weighted by atomic mass is 10.1. The maximum atomic E-state index is 5.89. The van der Waals surface area contributed by atoms with Crippen LogP contribution in [0.2, 0.25) is 0 Å². The fourth-order valence-corrected chi connectivity index (χ4v) is 6.18. The average molecular weight is 626 g/mol.